The maximum Gasteiger partial charge on any atom is 0.408 e. The number of non-ortho nitro benzene ring substituents is 1. The number of ether oxygens (including phenoxy) is 2. The number of rotatable bonds is 6. The number of carbonyl (C=O) groups is 2. The summed E-state index contributed by atoms with van der Waals surface area (Å²) < 4.78 is 10.1. The number of hydrogen-bond donors (Lipinski definition) is 2. The molecular weight excluding hydrogens is 332 g/mol. The molecule has 1 rings (SSSR count). The molecule has 1 aromatic rings. The lowest BCUT2D eigenvalue weighted by molar-refractivity contribution is -0.384. The fourth-order valence-electron chi connectivity index (χ4n) is 1.77. The fraction of sp³-hybridized carbons (Fsp3) is 0.500. The van der Waals surface area contributed by atoms with Crippen LogP contribution in [0.1, 0.15) is 33.3 Å². The number of carbonyl (C=O) groups excluding carboxylic acids is 2. The molecule has 138 valence electrons. The molecule has 0 fully saturated rings. The van der Waals surface area contributed by atoms with E-state index < -0.39 is 34.7 Å². The quantitative estimate of drug-likeness (QED) is 0.453. The van der Waals surface area contributed by atoms with Crippen LogP contribution in [0.2, 0.25) is 0 Å². The van der Waals surface area contributed by atoms with Gasteiger partial charge in [0.05, 0.1) is 11.0 Å². The van der Waals surface area contributed by atoms with E-state index in [1.807, 2.05) is 0 Å². The Kier molecular flexibility index (Phi) is 6.86. The molecule has 2 atom stereocenters. The lowest BCUT2D eigenvalue weighted by atomic mass is 10.2. The molecule has 0 radical (unpaired) electrons. The molecule has 9 heteroatoms. The van der Waals surface area contributed by atoms with Gasteiger partial charge in [0.1, 0.15) is 12.2 Å². The largest absolute Gasteiger partial charge is 0.459 e. The van der Waals surface area contributed by atoms with Gasteiger partial charge in [-0.1, -0.05) is 0 Å². The Bertz CT molecular complexity index is 620. The normalized spacial score (nSPS) is 13.5. The lowest BCUT2D eigenvalue weighted by Gasteiger charge is -2.24. The van der Waals surface area contributed by atoms with Crippen molar-refractivity contribution in [2.45, 2.75) is 52.0 Å². The number of nitrogens with one attached hydrogen (secondary N) is 1. The Morgan fingerprint density at radius 1 is 1.28 bits per heavy atom. The molecule has 0 saturated heterocycles. The number of aliphatic hydroxyl groups is 1. The minimum atomic E-state index is -1.30. The van der Waals surface area contributed by atoms with E-state index >= 15 is 0 Å². The second-order valence-electron chi connectivity index (χ2n) is 6.40. The van der Waals surface area contributed by atoms with Gasteiger partial charge in [-0.2, -0.15) is 0 Å². The first-order chi connectivity index (χ1) is 11.5. The van der Waals surface area contributed by atoms with Crippen LogP contribution in [0.25, 0.3) is 0 Å². The van der Waals surface area contributed by atoms with E-state index in [1.54, 1.807) is 20.8 Å². The molecular formula is C16H22N2O7. The number of nitro benzene ring substituents is 1. The average Bonchev–Trinajstić information content (AvgIpc) is 2.48. The van der Waals surface area contributed by atoms with Gasteiger partial charge in [0, 0.05) is 12.1 Å². The van der Waals surface area contributed by atoms with Crippen molar-refractivity contribution in [2.24, 2.45) is 0 Å². The maximum atomic E-state index is 12.1. The minimum Gasteiger partial charge on any atom is -0.459 e. The molecule has 0 aliphatic carbocycles. The van der Waals surface area contributed by atoms with Gasteiger partial charge in [0.15, 0.2) is 6.04 Å². The van der Waals surface area contributed by atoms with Gasteiger partial charge in [-0.25, -0.2) is 9.59 Å². The highest BCUT2D eigenvalue weighted by Crippen LogP contribution is 2.13. The van der Waals surface area contributed by atoms with Gasteiger partial charge in [-0.15, -0.1) is 0 Å². The minimum absolute atomic E-state index is 0.0801. The van der Waals surface area contributed by atoms with E-state index in [9.17, 15) is 24.8 Å². The number of alkyl carbamates (subject to hydrolysis) is 1. The highest BCUT2D eigenvalue weighted by molar-refractivity contribution is 5.82. The van der Waals surface area contributed by atoms with E-state index in [1.165, 1.54) is 31.2 Å². The summed E-state index contributed by atoms with van der Waals surface area (Å²) in [5, 5.41) is 22.5. The molecule has 1 amide bonds. The first-order valence-electron chi connectivity index (χ1n) is 7.57. The number of esters is 1. The molecule has 0 aliphatic rings. The van der Waals surface area contributed by atoms with Crippen molar-refractivity contribution in [3.8, 4) is 0 Å². The molecule has 0 aromatic heterocycles. The predicted molar refractivity (Wildman–Crippen MR) is 87.7 cm³/mol. The zero-order chi connectivity index (χ0) is 19.2. The van der Waals surface area contributed by atoms with Crippen molar-refractivity contribution in [1.29, 1.82) is 0 Å². The van der Waals surface area contributed by atoms with E-state index in [0.717, 1.165) is 0 Å². The van der Waals surface area contributed by atoms with E-state index in [0.29, 0.717) is 5.56 Å². The topological polar surface area (TPSA) is 128 Å². The zero-order valence-electron chi connectivity index (χ0n) is 14.5. The van der Waals surface area contributed by atoms with Crippen LogP contribution in [0.15, 0.2) is 24.3 Å². The predicted octanol–water partition coefficient (Wildman–Crippen LogP) is 1.91. The van der Waals surface area contributed by atoms with Gasteiger partial charge >= 0.3 is 12.1 Å². The van der Waals surface area contributed by atoms with Crippen LogP contribution in [-0.4, -0.2) is 39.8 Å². The lowest BCUT2D eigenvalue weighted by Crippen LogP contribution is -2.49. The van der Waals surface area contributed by atoms with Gasteiger partial charge in [0.25, 0.3) is 5.69 Å². The Morgan fingerprint density at radius 2 is 1.84 bits per heavy atom. The van der Waals surface area contributed by atoms with Crippen LogP contribution >= 0.6 is 0 Å². The van der Waals surface area contributed by atoms with Crippen LogP contribution < -0.4 is 5.32 Å². The summed E-state index contributed by atoms with van der Waals surface area (Å²) >= 11 is 0. The van der Waals surface area contributed by atoms with Crippen molar-refractivity contribution in [1.82, 2.24) is 5.32 Å². The third kappa shape index (κ3) is 7.17. The number of benzene rings is 1. The van der Waals surface area contributed by atoms with Gasteiger partial charge in [-0.05, 0) is 45.4 Å². The number of aliphatic hydroxyl groups excluding tert-OH is 1. The summed E-state index contributed by atoms with van der Waals surface area (Å²) in [5.41, 5.74) is -0.306. The molecule has 0 heterocycles. The van der Waals surface area contributed by atoms with Crippen molar-refractivity contribution in [2.75, 3.05) is 0 Å². The summed E-state index contributed by atoms with van der Waals surface area (Å²) in [4.78, 5) is 33.9. The third-order valence-electron chi connectivity index (χ3n) is 2.94. The number of nitrogens with zero attached hydrogens (tertiary/aromatic N) is 1. The zero-order valence-corrected chi connectivity index (χ0v) is 14.5. The molecule has 25 heavy (non-hydrogen) atoms. The Hall–Kier alpha value is -2.68. The molecule has 1 aromatic carbocycles. The van der Waals surface area contributed by atoms with Crippen LogP contribution in [0.5, 0.6) is 0 Å². The van der Waals surface area contributed by atoms with Crippen LogP contribution in [0.3, 0.4) is 0 Å². The fourth-order valence-corrected chi connectivity index (χ4v) is 1.77. The average molecular weight is 354 g/mol. The van der Waals surface area contributed by atoms with Crippen LogP contribution in [0.4, 0.5) is 10.5 Å². The number of hydrogen-bond acceptors (Lipinski definition) is 7. The Morgan fingerprint density at radius 3 is 2.28 bits per heavy atom. The van der Waals surface area contributed by atoms with Crippen molar-refractivity contribution >= 4 is 17.7 Å². The van der Waals surface area contributed by atoms with Gasteiger partial charge < -0.3 is 19.9 Å². The molecule has 0 bridgehead atoms. The molecule has 0 saturated carbocycles. The smallest absolute Gasteiger partial charge is 0.408 e. The van der Waals surface area contributed by atoms with Crippen molar-refractivity contribution in [3.63, 3.8) is 0 Å². The first-order valence-corrected chi connectivity index (χ1v) is 7.57. The van der Waals surface area contributed by atoms with E-state index in [2.05, 4.69) is 5.32 Å². The van der Waals surface area contributed by atoms with Crippen molar-refractivity contribution in [3.05, 3.63) is 39.9 Å². The second-order valence-corrected chi connectivity index (χ2v) is 6.40. The van der Waals surface area contributed by atoms with E-state index in [-0.39, 0.29) is 12.3 Å². The van der Waals surface area contributed by atoms with E-state index in [4.69, 9.17) is 9.47 Å². The maximum absolute atomic E-state index is 12.1. The van der Waals surface area contributed by atoms with Crippen LogP contribution in [-0.2, 0) is 20.9 Å². The summed E-state index contributed by atoms with van der Waals surface area (Å²) in [7, 11) is 0. The highest BCUT2D eigenvalue weighted by atomic mass is 16.6. The molecule has 0 aliphatic heterocycles. The molecule has 9 nitrogen and oxygen atoms in total. The molecule has 2 N–H and O–H groups in total. The third-order valence-corrected chi connectivity index (χ3v) is 2.94. The Labute approximate surface area is 145 Å². The molecule has 2 unspecified atom stereocenters. The second kappa shape index (κ2) is 8.43. The highest BCUT2D eigenvalue weighted by Gasteiger charge is 2.29. The number of amides is 1. The Balaban J connectivity index is 2.64. The van der Waals surface area contributed by atoms with Gasteiger partial charge in [-0.3, -0.25) is 10.1 Å². The number of nitro groups is 1. The summed E-state index contributed by atoms with van der Waals surface area (Å²) in [6.07, 6.45) is -2.05. The summed E-state index contributed by atoms with van der Waals surface area (Å²) in [6, 6.07) is 4.17. The van der Waals surface area contributed by atoms with Gasteiger partial charge in [0.2, 0.25) is 0 Å². The summed E-state index contributed by atoms with van der Waals surface area (Å²) in [6.45, 7) is 6.16. The standard InChI is InChI=1S/C16H22N2O7/c1-10(19)13(17-15(21)25-16(2,3)4)14(20)24-9-11-5-7-12(8-6-11)18(22)23/h5-8,10,13,19H,9H2,1-4H3,(H,17,21). The van der Waals surface area contributed by atoms with Crippen LogP contribution in [0, 0.1) is 10.1 Å². The SMILES string of the molecule is CC(O)C(NC(=O)OC(C)(C)C)C(=O)OCc1ccc([N+](=O)[O-])cc1. The summed E-state index contributed by atoms with van der Waals surface area (Å²) in [5.74, 6) is -0.848. The first kappa shape index (κ1) is 20.4. The van der Waals surface area contributed by atoms with Crippen molar-refractivity contribution < 1.29 is 29.1 Å². The monoisotopic (exact) mass is 354 g/mol. The molecule has 0 spiro atoms.